The molecule has 2 heterocycles. The molecular formula is C21H20BrN3O4S2. The van der Waals surface area contributed by atoms with E-state index in [4.69, 9.17) is 4.74 Å². The molecule has 0 spiro atoms. The fourth-order valence-corrected chi connectivity index (χ4v) is 5.51. The van der Waals surface area contributed by atoms with Crippen LogP contribution in [0.1, 0.15) is 10.4 Å². The molecule has 7 nitrogen and oxygen atoms in total. The number of nitrogens with one attached hydrogen (secondary N) is 1. The van der Waals surface area contributed by atoms with Gasteiger partial charge in [-0.1, -0.05) is 40.2 Å². The number of thiazole rings is 1. The van der Waals surface area contributed by atoms with Gasteiger partial charge >= 0.3 is 0 Å². The highest BCUT2D eigenvalue weighted by Gasteiger charge is 2.26. The van der Waals surface area contributed by atoms with E-state index in [0.717, 1.165) is 15.7 Å². The predicted octanol–water partition coefficient (Wildman–Crippen LogP) is 3.89. The minimum Gasteiger partial charge on any atom is -0.379 e. The van der Waals surface area contributed by atoms with Crippen molar-refractivity contribution >= 4 is 48.2 Å². The molecule has 0 unspecified atom stereocenters. The maximum atomic E-state index is 12.7. The summed E-state index contributed by atoms with van der Waals surface area (Å²) >= 11 is 4.75. The SMILES string of the molecule is O=C(CNc1nc(-c2ccc(S(=O)(=O)N3CCOCC3)cc2)cs1)c1ccc(Br)cc1. The Labute approximate surface area is 193 Å². The summed E-state index contributed by atoms with van der Waals surface area (Å²) < 4.78 is 33.1. The van der Waals surface area contributed by atoms with Crippen molar-refractivity contribution in [3.8, 4) is 11.3 Å². The standard InChI is InChI=1S/C21H20BrN3O4S2/c22-17-5-1-16(2-6-17)20(26)13-23-21-24-19(14-30-21)15-3-7-18(8-4-15)31(27,28)25-9-11-29-12-10-25/h1-8,14H,9-13H2,(H,23,24). The maximum Gasteiger partial charge on any atom is 0.243 e. The van der Waals surface area contributed by atoms with Gasteiger partial charge in [0.05, 0.1) is 30.3 Å². The Kier molecular flexibility index (Phi) is 6.83. The number of morpholine rings is 1. The maximum absolute atomic E-state index is 12.7. The number of Topliss-reactive ketones (excluding diaryl/α,β-unsaturated/α-hetero) is 1. The van der Waals surface area contributed by atoms with E-state index in [0.29, 0.717) is 37.0 Å². The van der Waals surface area contributed by atoms with Crippen LogP contribution in [0.3, 0.4) is 0 Å². The second kappa shape index (κ2) is 9.58. The molecule has 1 aliphatic heterocycles. The number of aromatic nitrogens is 1. The Bertz CT molecular complexity index is 1160. The fraction of sp³-hybridized carbons (Fsp3) is 0.238. The minimum absolute atomic E-state index is 0.0260. The Morgan fingerprint density at radius 3 is 2.45 bits per heavy atom. The molecule has 2 aromatic carbocycles. The minimum atomic E-state index is -3.52. The first kappa shape index (κ1) is 22.1. The van der Waals surface area contributed by atoms with Gasteiger partial charge in [-0.15, -0.1) is 11.3 Å². The number of halogens is 1. The largest absolute Gasteiger partial charge is 0.379 e. The summed E-state index contributed by atoms with van der Waals surface area (Å²) in [5.41, 5.74) is 2.16. The van der Waals surface area contributed by atoms with Crippen LogP contribution in [-0.2, 0) is 14.8 Å². The smallest absolute Gasteiger partial charge is 0.243 e. The van der Waals surface area contributed by atoms with E-state index in [1.54, 1.807) is 36.4 Å². The lowest BCUT2D eigenvalue weighted by Gasteiger charge is -2.26. The number of anilines is 1. The van der Waals surface area contributed by atoms with Gasteiger partial charge in [0.1, 0.15) is 0 Å². The molecule has 1 aliphatic rings. The normalized spacial score (nSPS) is 15.0. The van der Waals surface area contributed by atoms with Crippen LogP contribution in [-0.4, -0.2) is 56.3 Å². The molecule has 1 aromatic heterocycles. The summed E-state index contributed by atoms with van der Waals surface area (Å²) in [7, 11) is -3.52. The van der Waals surface area contributed by atoms with Crippen LogP contribution in [0.4, 0.5) is 5.13 Å². The van der Waals surface area contributed by atoms with E-state index < -0.39 is 10.0 Å². The first-order valence-corrected chi connectivity index (χ1v) is 12.7. The number of benzene rings is 2. The average Bonchev–Trinajstić information content (AvgIpc) is 3.28. The second-order valence-electron chi connectivity index (χ2n) is 6.86. The van der Waals surface area contributed by atoms with Crippen LogP contribution >= 0.6 is 27.3 Å². The van der Waals surface area contributed by atoms with E-state index in [1.165, 1.54) is 15.6 Å². The number of ketones is 1. The van der Waals surface area contributed by atoms with E-state index in [9.17, 15) is 13.2 Å². The van der Waals surface area contributed by atoms with Crippen LogP contribution in [0.5, 0.6) is 0 Å². The van der Waals surface area contributed by atoms with Crippen molar-refractivity contribution in [2.75, 3.05) is 38.2 Å². The number of hydrogen-bond donors (Lipinski definition) is 1. The summed E-state index contributed by atoms with van der Waals surface area (Å²) in [6.45, 7) is 1.70. The summed E-state index contributed by atoms with van der Waals surface area (Å²) in [4.78, 5) is 17.1. The zero-order chi connectivity index (χ0) is 21.8. The van der Waals surface area contributed by atoms with Crippen LogP contribution < -0.4 is 5.32 Å². The molecule has 0 amide bonds. The highest BCUT2D eigenvalue weighted by molar-refractivity contribution is 9.10. The number of hydrogen-bond acceptors (Lipinski definition) is 7. The molecule has 3 aromatic rings. The number of sulfonamides is 1. The van der Waals surface area contributed by atoms with E-state index >= 15 is 0 Å². The lowest BCUT2D eigenvalue weighted by atomic mass is 10.1. The third-order valence-electron chi connectivity index (χ3n) is 4.83. The van der Waals surface area contributed by atoms with Crippen molar-refractivity contribution in [1.29, 1.82) is 0 Å². The van der Waals surface area contributed by atoms with Crippen molar-refractivity contribution in [3.05, 3.63) is 63.9 Å². The average molecular weight is 522 g/mol. The van der Waals surface area contributed by atoms with E-state index in [1.807, 2.05) is 17.5 Å². The van der Waals surface area contributed by atoms with Gasteiger partial charge in [-0.05, 0) is 24.3 Å². The van der Waals surface area contributed by atoms with E-state index in [2.05, 4.69) is 26.2 Å². The van der Waals surface area contributed by atoms with Gasteiger partial charge in [0, 0.05) is 34.1 Å². The molecule has 1 N–H and O–H groups in total. The second-order valence-corrected chi connectivity index (χ2v) is 10.6. The zero-order valence-corrected chi connectivity index (χ0v) is 19.7. The van der Waals surface area contributed by atoms with Crippen LogP contribution in [0, 0.1) is 0 Å². The summed E-state index contributed by atoms with van der Waals surface area (Å²) in [6.07, 6.45) is 0. The third-order valence-corrected chi connectivity index (χ3v) is 8.07. The van der Waals surface area contributed by atoms with Crippen molar-refractivity contribution in [1.82, 2.24) is 9.29 Å². The van der Waals surface area contributed by atoms with Gasteiger partial charge in [-0.25, -0.2) is 13.4 Å². The monoisotopic (exact) mass is 521 g/mol. The lowest BCUT2D eigenvalue weighted by Crippen LogP contribution is -2.40. The molecule has 0 aliphatic carbocycles. The molecule has 0 bridgehead atoms. The van der Waals surface area contributed by atoms with Gasteiger partial charge in [0.2, 0.25) is 10.0 Å². The highest BCUT2D eigenvalue weighted by Crippen LogP contribution is 2.27. The Morgan fingerprint density at radius 1 is 1.10 bits per heavy atom. The zero-order valence-electron chi connectivity index (χ0n) is 16.5. The first-order chi connectivity index (χ1) is 14.9. The number of nitrogens with zero attached hydrogens (tertiary/aromatic N) is 2. The number of ether oxygens (including phenoxy) is 1. The molecule has 0 atom stereocenters. The highest BCUT2D eigenvalue weighted by atomic mass is 79.9. The molecule has 31 heavy (non-hydrogen) atoms. The van der Waals surface area contributed by atoms with Crippen molar-refractivity contribution in [2.24, 2.45) is 0 Å². The molecule has 0 saturated carbocycles. The summed E-state index contributed by atoms with van der Waals surface area (Å²) in [5.74, 6) is -0.0260. The summed E-state index contributed by atoms with van der Waals surface area (Å²) in [6, 6.07) is 13.9. The molecule has 10 heteroatoms. The fourth-order valence-electron chi connectivity index (χ4n) is 3.11. The van der Waals surface area contributed by atoms with E-state index in [-0.39, 0.29) is 17.2 Å². The molecule has 162 valence electrons. The quantitative estimate of drug-likeness (QED) is 0.474. The summed E-state index contributed by atoms with van der Waals surface area (Å²) in [5, 5.41) is 5.56. The van der Waals surface area contributed by atoms with Gasteiger partial charge in [-0.2, -0.15) is 4.31 Å². The number of carbonyl (C=O) groups excluding carboxylic acids is 1. The predicted molar refractivity (Wildman–Crippen MR) is 124 cm³/mol. The van der Waals surface area contributed by atoms with Crippen LogP contribution in [0.2, 0.25) is 0 Å². The van der Waals surface area contributed by atoms with Crippen molar-refractivity contribution in [2.45, 2.75) is 4.90 Å². The number of carbonyl (C=O) groups is 1. The van der Waals surface area contributed by atoms with Crippen molar-refractivity contribution < 1.29 is 17.9 Å². The molecule has 4 rings (SSSR count). The molecule has 0 radical (unpaired) electrons. The Morgan fingerprint density at radius 2 is 1.77 bits per heavy atom. The van der Waals surface area contributed by atoms with Crippen LogP contribution in [0.25, 0.3) is 11.3 Å². The third kappa shape index (κ3) is 5.21. The number of rotatable bonds is 7. The van der Waals surface area contributed by atoms with Gasteiger partial charge in [0.15, 0.2) is 10.9 Å². The molecule has 1 saturated heterocycles. The molecule has 1 fully saturated rings. The van der Waals surface area contributed by atoms with Crippen LogP contribution in [0.15, 0.2) is 63.3 Å². The Balaban J connectivity index is 1.40. The lowest BCUT2D eigenvalue weighted by molar-refractivity contribution is 0.0730. The van der Waals surface area contributed by atoms with Crippen molar-refractivity contribution in [3.63, 3.8) is 0 Å². The topological polar surface area (TPSA) is 88.6 Å². The Hall–Kier alpha value is -2.11. The van der Waals surface area contributed by atoms with Gasteiger partial charge in [-0.3, -0.25) is 4.79 Å². The van der Waals surface area contributed by atoms with Gasteiger partial charge in [0.25, 0.3) is 0 Å². The molecular weight excluding hydrogens is 502 g/mol. The van der Waals surface area contributed by atoms with Gasteiger partial charge < -0.3 is 10.1 Å². The first-order valence-electron chi connectivity index (χ1n) is 9.60.